The maximum atomic E-state index is 11.3. The number of amides is 1. The van der Waals surface area contributed by atoms with Crippen LogP contribution in [0.3, 0.4) is 0 Å². The number of carbonyl (C=O) groups is 1. The summed E-state index contributed by atoms with van der Waals surface area (Å²) in [7, 11) is 0. The number of halogens is 2. The molecular formula is C19H14Cl2N4O. The van der Waals surface area contributed by atoms with Crippen LogP contribution >= 0.6 is 23.2 Å². The van der Waals surface area contributed by atoms with Gasteiger partial charge in [0.25, 0.3) is 5.91 Å². The lowest BCUT2D eigenvalue weighted by molar-refractivity contribution is -0.120. The minimum absolute atomic E-state index is 0.228. The van der Waals surface area contributed by atoms with Crippen molar-refractivity contribution in [2.75, 3.05) is 0 Å². The van der Waals surface area contributed by atoms with E-state index < -0.39 is 5.91 Å². The van der Waals surface area contributed by atoms with Crippen LogP contribution in [0.5, 0.6) is 0 Å². The molecule has 0 radical (unpaired) electrons. The Morgan fingerprint density at radius 2 is 2.08 bits per heavy atom. The first kappa shape index (κ1) is 18.0. The Bertz CT molecular complexity index is 1030. The third-order valence-electron chi connectivity index (χ3n) is 3.81. The first-order valence-electron chi connectivity index (χ1n) is 7.79. The van der Waals surface area contributed by atoms with E-state index in [1.807, 2.05) is 42.6 Å². The lowest BCUT2D eigenvalue weighted by Crippen LogP contribution is -2.16. The Morgan fingerprint density at radius 1 is 1.27 bits per heavy atom. The Hall–Kier alpha value is -2.81. The highest BCUT2D eigenvalue weighted by Crippen LogP contribution is 2.25. The summed E-state index contributed by atoms with van der Waals surface area (Å²) in [5.74, 6) is -0.444. The van der Waals surface area contributed by atoms with Crippen molar-refractivity contribution in [3.05, 3.63) is 69.8 Å². The summed E-state index contributed by atoms with van der Waals surface area (Å²) in [5.41, 5.74) is 5.15. The quantitative estimate of drug-likeness (QED) is 0.524. The third-order valence-corrected chi connectivity index (χ3v) is 4.39. The van der Waals surface area contributed by atoms with Crippen molar-refractivity contribution in [2.24, 2.45) is 5.10 Å². The largest absolute Gasteiger partial charge is 0.342 e. The van der Waals surface area contributed by atoms with Crippen molar-refractivity contribution >= 4 is 46.2 Å². The van der Waals surface area contributed by atoms with Crippen molar-refractivity contribution in [2.45, 2.75) is 13.0 Å². The lowest BCUT2D eigenvalue weighted by Gasteiger charge is -2.08. The van der Waals surface area contributed by atoms with Crippen LogP contribution in [0, 0.1) is 11.3 Å². The van der Waals surface area contributed by atoms with Crippen molar-refractivity contribution in [3.8, 4) is 6.07 Å². The fourth-order valence-electron chi connectivity index (χ4n) is 2.63. The van der Waals surface area contributed by atoms with Crippen LogP contribution in [0.1, 0.15) is 17.5 Å². The van der Waals surface area contributed by atoms with E-state index in [9.17, 15) is 4.79 Å². The van der Waals surface area contributed by atoms with Crippen LogP contribution in [0.25, 0.3) is 10.9 Å². The second kappa shape index (κ2) is 8.05. The standard InChI is InChI=1S/C19H14Cl2N4O/c20-15-6-5-13(17(21)9-15)11-25-12-14(10-23-24-19(26)7-8-22)16-3-1-2-4-18(16)25/h1-6,9-10,12H,7,11H2,(H,24,26)/b23-10-. The normalized spacial score (nSPS) is 11.0. The van der Waals surface area contributed by atoms with Gasteiger partial charge in [-0.25, -0.2) is 5.43 Å². The lowest BCUT2D eigenvalue weighted by atomic mass is 10.2. The monoisotopic (exact) mass is 384 g/mol. The van der Waals surface area contributed by atoms with Crippen LogP contribution in [0.2, 0.25) is 10.0 Å². The topological polar surface area (TPSA) is 70.2 Å². The number of nitrogens with zero attached hydrogens (tertiary/aromatic N) is 3. The minimum atomic E-state index is -0.444. The Balaban J connectivity index is 1.91. The van der Waals surface area contributed by atoms with Crippen molar-refractivity contribution in [3.63, 3.8) is 0 Å². The molecule has 0 unspecified atom stereocenters. The second-order valence-corrected chi connectivity index (χ2v) is 6.44. The molecule has 130 valence electrons. The highest BCUT2D eigenvalue weighted by molar-refractivity contribution is 6.35. The van der Waals surface area contributed by atoms with Gasteiger partial charge in [-0.05, 0) is 23.8 Å². The zero-order valence-electron chi connectivity index (χ0n) is 13.6. The summed E-state index contributed by atoms with van der Waals surface area (Å²) in [4.78, 5) is 11.3. The van der Waals surface area contributed by atoms with Gasteiger partial charge in [0.05, 0.1) is 12.3 Å². The van der Waals surface area contributed by atoms with Crippen LogP contribution < -0.4 is 5.43 Å². The average Bonchev–Trinajstić information content (AvgIpc) is 2.96. The van der Waals surface area contributed by atoms with E-state index in [4.69, 9.17) is 28.5 Å². The smallest absolute Gasteiger partial charge is 0.254 e. The van der Waals surface area contributed by atoms with E-state index in [0.29, 0.717) is 16.6 Å². The van der Waals surface area contributed by atoms with Crippen LogP contribution in [-0.2, 0) is 11.3 Å². The van der Waals surface area contributed by atoms with Crippen LogP contribution in [0.15, 0.2) is 53.8 Å². The number of aromatic nitrogens is 1. The first-order chi connectivity index (χ1) is 12.6. The molecule has 0 aliphatic carbocycles. The predicted octanol–water partition coefficient (Wildman–Crippen LogP) is 4.36. The Morgan fingerprint density at radius 3 is 2.85 bits per heavy atom. The molecule has 1 aromatic heterocycles. The van der Waals surface area contributed by atoms with Crippen molar-refractivity contribution < 1.29 is 4.79 Å². The number of rotatable bonds is 5. The van der Waals surface area contributed by atoms with Crippen molar-refractivity contribution in [1.82, 2.24) is 9.99 Å². The van der Waals surface area contributed by atoms with E-state index in [0.717, 1.165) is 22.0 Å². The molecule has 0 fully saturated rings. The van der Waals surface area contributed by atoms with Crippen LogP contribution in [-0.4, -0.2) is 16.7 Å². The molecule has 0 aliphatic heterocycles. The fraction of sp³-hybridized carbons (Fsp3) is 0.105. The van der Waals surface area contributed by atoms with Gasteiger partial charge in [-0.3, -0.25) is 4.79 Å². The summed E-state index contributed by atoms with van der Waals surface area (Å²) in [5, 5.41) is 14.6. The molecule has 1 N–H and O–H groups in total. The molecule has 2 aromatic carbocycles. The van der Waals surface area contributed by atoms with Gasteiger partial charge in [0.1, 0.15) is 6.42 Å². The number of carbonyl (C=O) groups excluding carboxylic acids is 1. The van der Waals surface area contributed by atoms with Gasteiger partial charge in [-0.2, -0.15) is 10.4 Å². The zero-order valence-corrected chi connectivity index (χ0v) is 15.1. The molecule has 5 nitrogen and oxygen atoms in total. The van der Waals surface area contributed by atoms with Gasteiger partial charge < -0.3 is 4.57 Å². The van der Waals surface area contributed by atoms with Crippen molar-refractivity contribution in [1.29, 1.82) is 5.26 Å². The molecule has 1 heterocycles. The fourth-order valence-corrected chi connectivity index (χ4v) is 3.10. The molecular weight excluding hydrogens is 371 g/mol. The summed E-state index contributed by atoms with van der Waals surface area (Å²) in [6, 6.07) is 15.1. The number of para-hydroxylation sites is 1. The van der Waals surface area contributed by atoms with Gasteiger partial charge >= 0.3 is 0 Å². The molecule has 26 heavy (non-hydrogen) atoms. The summed E-state index contributed by atoms with van der Waals surface area (Å²) >= 11 is 12.2. The Kier molecular flexibility index (Phi) is 5.57. The van der Waals surface area contributed by atoms with Gasteiger partial charge in [0.15, 0.2) is 0 Å². The third kappa shape index (κ3) is 4.05. The number of nitrogens with one attached hydrogen (secondary N) is 1. The number of fused-ring (bicyclic) bond motifs is 1. The minimum Gasteiger partial charge on any atom is -0.342 e. The van der Waals surface area contributed by atoms with E-state index in [2.05, 4.69) is 15.1 Å². The zero-order chi connectivity index (χ0) is 18.5. The second-order valence-electron chi connectivity index (χ2n) is 5.59. The van der Waals surface area contributed by atoms with Crippen LogP contribution in [0.4, 0.5) is 0 Å². The molecule has 1 amide bonds. The Labute approximate surface area is 160 Å². The van der Waals surface area contributed by atoms with Gasteiger partial charge in [-0.1, -0.05) is 47.5 Å². The molecule has 7 heteroatoms. The maximum Gasteiger partial charge on any atom is 0.254 e. The number of hydrazone groups is 1. The van der Waals surface area contributed by atoms with E-state index in [-0.39, 0.29) is 6.42 Å². The highest BCUT2D eigenvalue weighted by atomic mass is 35.5. The molecule has 0 spiro atoms. The molecule has 3 aromatic rings. The highest BCUT2D eigenvalue weighted by Gasteiger charge is 2.09. The molecule has 0 aliphatic rings. The van der Waals surface area contributed by atoms with E-state index in [1.54, 1.807) is 18.4 Å². The molecule has 0 saturated carbocycles. The summed E-state index contributed by atoms with van der Waals surface area (Å²) in [6.07, 6.45) is 3.28. The first-order valence-corrected chi connectivity index (χ1v) is 8.54. The number of benzene rings is 2. The molecule has 3 rings (SSSR count). The molecule has 0 bridgehead atoms. The summed E-state index contributed by atoms with van der Waals surface area (Å²) in [6.45, 7) is 0.575. The van der Waals surface area contributed by atoms with Gasteiger partial charge in [0, 0.05) is 39.3 Å². The van der Waals surface area contributed by atoms with E-state index in [1.165, 1.54) is 0 Å². The van der Waals surface area contributed by atoms with Gasteiger partial charge in [0.2, 0.25) is 0 Å². The predicted molar refractivity (Wildman–Crippen MR) is 103 cm³/mol. The molecule has 0 atom stereocenters. The number of nitriles is 1. The average molecular weight is 385 g/mol. The van der Waals surface area contributed by atoms with Gasteiger partial charge in [-0.15, -0.1) is 0 Å². The molecule has 0 saturated heterocycles. The maximum absolute atomic E-state index is 11.3. The number of hydrogen-bond acceptors (Lipinski definition) is 3. The van der Waals surface area contributed by atoms with E-state index >= 15 is 0 Å². The number of hydrogen-bond donors (Lipinski definition) is 1. The summed E-state index contributed by atoms with van der Waals surface area (Å²) < 4.78 is 2.06. The SMILES string of the molecule is N#CCC(=O)N/N=C\c1cn(Cc2ccc(Cl)cc2Cl)c2ccccc12.